The van der Waals surface area contributed by atoms with Crippen LogP contribution in [-0.4, -0.2) is 18.8 Å². The van der Waals surface area contributed by atoms with Crippen molar-refractivity contribution >= 4 is 23.2 Å². The second-order valence-electron chi connectivity index (χ2n) is 7.01. The van der Waals surface area contributed by atoms with Crippen molar-refractivity contribution < 1.29 is 4.39 Å². The van der Waals surface area contributed by atoms with E-state index in [1.54, 1.807) is 19.1 Å². The van der Waals surface area contributed by atoms with Gasteiger partial charge in [-0.25, -0.2) is 4.39 Å². The Bertz CT molecular complexity index is 847. The summed E-state index contributed by atoms with van der Waals surface area (Å²) in [6, 6.07) is 11.3. The Morgan fingerprint density at radius 3 is 2.54 bits per heavy atom. The number of rotatable bonds is 2. The number of fused-ring (bicyclic) bond motifs is 1. The lowest BCUT2D eigenvalue weighted by Gasteiger charge is -2.40. The molecule has 0 unspecified atom stereocenters. The number of allylic oxidation sites excluding steroid dienone is 1. The van der Waals surface area contributed by atoms with Gasteiger partial charge in [0.25, 0.3) is 0 Å². The lowest BCUT2D eigenvalue weighted by molar-refractivity contribution is 0.598. The van der Waals surface area contributed by atoms with Gasteiger partial charge in [0.05, 0.1) is 11.2 Å². The Labute approximate surface area is 143 Å². The molecule has 0 aliphatic carbocycles. The number of hydrogen-bond acceptors (Lipinski definition) is 2. The van der Waals surface area contributed by atoms with E-state index in [1.165, 1.54) is 22.9 Å². The highest BCUT2D eigenvalue weighted by Gasteiger charge is 2.28. The van der Waals surface area contributed by atoms with Crippen molar-refractivity contribution in [3.05, 3.63) is 65.0 Å². The van der Waals surface area contributed by atoms with E-state index in [1.807, 2.05) is 6.21 Å². The Morgan fingerprint density at radius 2 is 1.83 bits per heavy atom. The van der Waals surface area contributed by atoms with Crippen LogP contribution in [-0.2, 0) is 0 Å². The van der Waals surface area contributed by atoms with Crippen molar-refractivity contribution in [2.24, 2.45) is 4.99 Å². The van der Waals surface area contributed by atoms with Crippen LogP contribution in [0.5, 0.6) is 0 Å². The summed E-state index contributed by atoms with van der Waals surface area (Å²) in [6.07, 6.45) is 4.12. The van der Waals surface area contributed by atoms with Gasteiger partial charge >= 0.3 is 0 Å². The number of aryl methyl sites for hydroxylation is 1. The second-order valence-corrected chi connectivity index (χ2v) is 7.01. The normalized spacial score (nSPS) is 16.2. The molecule has 0 amide bonds. The minimum Gasteiger partial charge on any atom is -0.366 e. The van der Waals surface area contributed by atoms with Gasteiger partial charge in [-0.15, -0.1) is 0 Å². The second kappa shape index (κ2) is 5.90. The standard InChI is InChI=1S/C21H23FN2/c1-14-10-17(7-8-19(14)22)23-13-16-6-9-20-18(11-16)15(2)12-21(3,4)24(20)5/h6-13H,1-5H3. The van der Waals surface area contributed by atoms with Gasteiger partial charge in [-0.1, -0.05) is 12.1 Å². The number of aliphatic imine (C=N–C) groups is 1. The van der Waals surface area contributed by atoms with Gasteiger partial charge in [0, 0.05) is 24.5 Å². The molecule has 24 heavy (non-hydrogen) atoms. The molecule has 0 bridgehead atoms. The molecule has 3 heteroatoms. The molecule has 1 aliphatic heterocycles. The summed E-state index contributed by atoms with van der Waals surface area (Å²) in [5.74, 6) is -0.200. The summed E-state index contributed by atoms with van der Waals surface area (Å²) in [6.45, 7) is 8.33. The SMILES string of the molecule is CC1=CC(C)(C)N(C)c2ccc(C=Nc3ccc(F)c(C)c3)cc21. The topological polar surface area (TPSA) is 15.6 Å². The van der Waals surface area contributed by atoms with E-state index in [9.17, 15) is 4.39 Å². The number of benzene rings is 2. The Kier molecular flexibility index (Phi) is 4.04. The van der Waals surface area contributed by atoms with E-state index in [0.29, 0.717) is 5.56 Å². The van der Waals surface area contributed by atoms with Crippen LogP contribution < -0.4 is 4.90 Å². The van der Waals surface area contributed by atoms with E-state index in [-0.39, 0.29) is 11.4 Å². The first kappa shape index (κ1) is 16.4. The highest BCUT2D eigenvalue weighted by molar-refractivity contribution is 5.88. The summed E-state index contributed by atoms with van der Waals surface area (Å²) < 4.78 is 13.3. The summed E-state index contributed by atoms with van der Waals surface area (Å²) in [4.78, 5) is 6.77. The molecule has 0 radical (unpaired) electrons. The first-order chi connectivity index (χ1) is 11.3. The monoisotopic (exact) mass is 322 g/mol. The van der Waals surface area contributed by atoms with Gasteiger partial charge < -0.3 is 4.90 Å². The van der Waals surface area contributed by atoms with Crippen LogP contribution in [0.4, 0.5) is 15.8 Å². The molecule has 0 saturated heterocycles. The summed E-state index contributed by atoms with van der Waals surface area (Å²) in [5, 5.41) is 0. The largest absolute Gasteiger partial charge is 0.366 e. The first-order valence-electron chi connectivity index (χ1n) is 8.16. The van der Waals surface area contributed by atoms with E-state index >= 15 is 0 Å². The van der Waals surface area contributed by atoms with Gasteiger partial charge in [0.1, 0.15) is 5.82 Å². The van der Waals surface area contributed by atoms with E-state index in [2.05, 4.69) is 62.0 Å². The summed E-state index contributed by atoms with van der Waals surface area (Å²) in [7, 11) is 2.12. The van der Waals surface area contributed by atoms with Crippen LogP contribution in [0.1, 0.15) is 37.5 Å². The molecule has 0 spiro atoms. The first-order valence-corrected chi connectivity index (χ1v) is 8.16. The average Bonchev–Trinajstić information content (AvgIpc) is 2.53. The van der Waals surface area contributed by atoms with Crippen LogP contribution >= 0.6 is 0 Å². The quantitative estimate of drug-likeness (QED) is 0.665. The number of halogens is 1. The van der Waals surface area contributed by atoms with Crippen LogP contribution in [0, 0.1) is 12.7 Å². The number of hydrogen-bond donors (Lipinski definition) is 0. The molecule has 1 aliphatic rings. The van der Waals surface area contributed by atoms with Crippen LogP contribution in [0.15, 0.2) is 47.5 Å². The number of anilines is 1. The highest BCUT2D eigenvalue weighted by atomic mass is 19.1. The third kappa shape index (κ3) is 2.99. The minimum absolute atomic E-state index is 0.0122. The minimum atomic E-state index is -0.200. The zero-order chi connectivity index (χ0) is 17.5. The Balaban J connectivity index is 1.93. The zero-order valence-electron chi connectivity index (χ0n) is 14.9. The zero-order valence-corrected chi connectivity index (χ0v) is 14.9. The highest BCUT2D eigenvalue weighted by Crippen LogP contribution is 2.37. The van der Waals surface area contributed by atoms with Crippen molar-refractivity contribution in [2.75, 3.05) is 11.9 Å². The molecule has 3 rings (SSSR count). The molecule has 1 heterocycles. The molecule has 2 aromatic rings. The fourth-order valence-corrected chi connectivity index (χ4v) is 3.12. The fraction of sp³-hybridized carbons (Fsp3) is 0.286. The van der Waals surface area contributed by atoms with Crippen LogP contribution in [0.3, 0.4) is 0 Å². The van der Waals surface area contributed by atoms with Crippen molar-refractivity contribution in [3.8, 4) is 0 Å². The van der Waals surface area contributed by atoms with Crippen molar-refractivity contribution in [2.45, 2.75) is 33.2 Å². The van der Waals surface area contributed by atoms with Gasteiger partial charge in [-0.05, 0) is 74.7 Å². The molecule has 0 aromatic heterocycles. The lowest BCUT2D eigenvalue weighted by Crippen LogP contribution is -2.42. The molecule has 2 aromatic carbocycles. The van der Waals surface area contributed by atoms with E-state index in [4.69, 9.17) is 0 Å². The molecular weight excluding hydrogens is 299 g/mol. The maximum atomic E-state index is 13.3. The Morgan fingerprint density at radius 1 is 1.08 bits per heavy atom. The predicted octanol–water partition coefficient (Wildman–Crippen LogP) is 5.52. The maximum absolute atomic E-state index is 13.3. The third-order valence-electron chi connectivity index (χ3n) is 4.75. The molecule has 124 valence electrons. The maximum Gasteiger partial charge on any atom is 0.126 e. The van der Waals surface area contributed by atoms with Crippen molar-refractivity contribution in [1.82, 2.24) is 0 Å². The summed E-state index contributed by atoms with van der Waals surface area (Å²) >= 11 is 0. The van der Waals surface area contributed by atoms with E-state index in [0.717, 1.165) is 11.3 Å². The molecular formula is C21H23FN2. The van der Waals surface area contributed by atoms with Gasteiger partial charge in [-0.3, -0.25) is 4.99 Å². The molecule has 0 saturated carbocycles. The van der Waals surface area contributed by atoms with E-state index < -0.39 is 0 Å². The third-order valence-corrected chi connectivity index (χ3v) is 4.75. The van der Waals surface area contributed by atoms with Crippen molar-refractivity contribution in [1.29, 1.82) is 0 Å². The van der Waals surface area contributed by atoms with Crippen molar-refractivity contribution in [3.63, 3.8) is 0 Å². The number of nitrogens with zero attached hydrogens (tertiary/aromatic N) is 2. The Hall–Kier alpha value is -2.42. The lowest BCUT2D eigenvalue weighted by atomic mass is 9.89. The average molecular weight is 322 g/mol. The summed E-state index contributed by atoms with van der Waals surface area (Å²) in [5.41, 5.74) is 6.16. The van der Waals surface area contributed by atoms with Gasteiger partial charge in [0.15, 0.2) is 0 Å². The molecule has 0 N–H and O–H groups in total. The molecule has 2 nitrogen and oxygen atoms in total. The smallest absolute Gasteiger partial charge is 0.126 e. The van der Waals surface area contributed by atoms with Crippen LogP contribution in [0.2, 0.25) is 0 Å². The van der Waals surface area contributed by atoms with Gasteiger partial charge in [-0.2, -0.15) is 0 Å². The molecule has 0 fully saturated rings. The van der Waals surface area contributed by atoms with Crippen LogP contribution in [0.25, 0.3) is 5.57 Å². The fourth-order valence-electron chi connectivity index (χ4n) is 3.12. The predicted molar refractivity (Wildman–Crippen MR) is 101 cm³/mol. The number of likely N-dealkylation sites (N-methyl/N-ethyl adjacent to an activating group) is 1. The van der Waals surface area contributed by atoms with Gasteiger partial charge in [0.2, 0.25) is 0 Å². The molecule has 0 atom stereocenters.